The van der Waals surface area contributed by atoms with Crippen LogP contribution in [-0.2, 0) is 26.7 Å². The molecule has 0 bridgehead atoms. The van der Waals surface area contributed by atoms with Gasteiger partial charge < -0.3 is 33.6 Å². The average Bonchev–Trinajstić information content (AvgIpc) is 2.51. The largest absolute Gasteiger partial charge is 2.00 e. The molecule has 4 heteroatoms. The molecule has 0 N–H and O–H groups in total. The zero-order valence-electron chi connectivity index (χ0n) is 5.90. The van der Waals surface area contributed by atoms with Crippen LogP contribution in [0.1, 0.15) is 6.42 Å². The van der Waals surface area contributed by atoms with Crippen LogP contribution in [0.5, 0.6) is 0 Å². The molecule has 0 heterocycles. The van der Waals surface area contributed by atoms with Crippen LogP contribution >= 0.6 is 0 Å². The molecule has 1 rings (SSSR count). The molecule has 0 saturated heterocycles. The van der Waals surface area contributed by atoms with Gasteiger partial charge in [0.25, 0.3) is 0 Å². The van der Waals surface area contributed by atoms with Crippen LogP contribution in [0.4, 0.5) is 0 Å². The molecule has 0 aromatic rings. The third kappa shape index (κ3) is 25.5. The summed E-state index contributed by atoms with van der Waals surface area (Å²) in [4.78, 5) is 16.0. The smallest absolute Gasteiger partial charge is 1.00 e. The Balaban J connectivity index is -0.0000000369. The minimum absolute atomic E-state index is 0. The second-order valence-corrected chi connectivity index (χ2v) is 1.00. The van der Waals surface area contributed by atoms with Crippen molar-refractivity contribution in [3.63, 3.8) is 0 Å². The summed E-state index contributed by atoms with van der Waals surface area (Å²) in [7, 11) is 0. The van der Waals surface area contributed by atoms with E-state index in [4.69, 9.17) is 9.59 Å². The summed E-state index contributed by atoms with van der Waals surface area (Å²) < 4.78 is 0. The summed E-state index contributed by atoms with van der Waals surface area (Å²) in [5.74, 6) is 0. The van der Waals surface area contributed by atoms with E-state index in [1.165, 1.54) is 0 Å². The van der Waals surface area contributed by atoms with Crippen LogP contribution in [0.2, 0.25) is 0 Å². The van der Waals surface area contributed by atoms with E-state index < -0.39 is 0 Å². The zero-order chi connectivity index (χ0) is 7.54. The van der Waals surface area contributed by atoms with E-state index in [9.17, 15) is 0 Å². The predicted octanol–water partition coefficient (Wildman–Crippen LogP) is -2.06. The molecule has 0 amide bonds. The van der Waals surface area contributed by atoms with Crippen LogP contribution in [0, 0.1) is 6.08 Å². The number of hydrogen-bond acceptors (Lipinski definition) is 2. The standard InChI is InChI=1S/C5H5.2CH2O.Fe.HI/c1-2-4-5-3-1;2*1-2;;/h1-3H,4H2;2*1H2;;1H/q-1;;;+2;/p-1. The summed E-state index contributed by atoms with van der Waals surface area (Å²) in [5.41, 5.74) is 0. The SMILES string of the molecule is C=O.C=O.[C-]1=CC=CC1.[Fe+2].[I-]. The van der Waals surface area contributed by atoms with Crippen LogP contribution in [0.25, 0.3) is 0 Å². The monoisotopic (exact) mass is 308 g/mol. The van der Waals surface area contributed by atoms with Gasteiger partial charge in [-0.1, -0.05) is 0 Å². The Kier molecular flexibility index (Phi) is 65.8. The molecule has 11 heavy (non-hydrogen) atoms. The number of halogens is 1. The van der Waals surface area contributed by atoms with E-state index in [0.717, 1.165) is 6.42 Å². The summed E-state index contributed by atoms with van der Waals surface area (Å²) in [6.07, 6.45) is 10.0. The number of hydrogen-bond donors (Lipinski definition) is 0. The van der Waals surface area contributed by atoms with Crippen LogP contribution in [-0.4, -0.2) is 13.6 Å². The first kappa shape index (κ1) is 22.5. The Bertz CT molecular complexity index is 92.6. The average molecular weight is 308 g/mol. The molecular weight excluding hydrogens is 299 g/mol. The second kappa shape index (κ2) is 32.2. The van der Waals surface area contributed by atoms with Gasteiger partial charge in [-0.25, -0.2) is 12.2 Å². The minimum atomic E-state index is 0. The van der Waals surface area contributed by atoms with Crippen LogP contribution in [0.15, 0.2) is 18.2 Å². The van der Waals surface area contributed by atoms with Gasteiger partial charge in [0.05, 0.1) is 0 Å². The van der Waals surface area contributed by atoms with E-state index in [1.54, 1.807) is 0 Å². The van der Waals surface area contributed by atoms with E-state index in [2.05, 4.69) is 12.2 Å². The molecule has 64 valence electrons. The van der Waals surface area contributed by atoms with Crippen molar-refractivity contribution in [2.75, 3.05) is 0 Å². The maximum Gasteiger partial charge on any atom is 2.00 e. The summed E-state index contributed by atoms with van der Waals surface area (Å²) in [5, 5.41) is 0. The van der Waals surface area contributed by atoms with Gasteiger partial charge >= 0.3 is 17.1 Å². The quantitative estimate of drug-likeness (QED) is 0.293. The molecule has 0 radical (unpaired) electrons. The van der Waals surface area contributed by atoms with Gasteiger partial charge in [0.15, 0.2) is 0 Å². The molecular formula is C7H9FeIO2. The molecule has 0 aromatic heterocycles. The normalized spacial score (nSPS) is 8.73. The Morgan fingerprint density at radius 1 is 1.18 bits per heavy atom. The summed E-state index contributed by atoms with van der Waals surface area (Å²) in [6, 6.07) is 0. The minimum Gasteiger partial charge on any atom is -1.00 e. The predicted molar refractivity (Wildman–Crippen MR) is 35.8 cm³/mol. The molecule has 0 fully saturated rings. The third-order valence-corrected chi connectivity index (χ3v) is 0.586. The number of carbonyl (C=O) groups is 2. The fraction of sp³-hybridized carbons (Fsp3) is 0.143. The molecule has 2 nitrogen and oxygen atoms in total. The fourth-order valence-corrected chi connectivity index (χ4v) is 0.340. The molecule has 1 aliphatic rings. The van der Waals surface area contributed by atoms with Crippen molar-refractivity contribution in [1.29, 1.82) is 0 Å². The van der Waals surface area contributed by atoms with Gasteiger partial charge in [0.2, 0.25) is 0 Å². The van der Waals surface area contributed by atoms with Gasteiger partial charge in [-0.3, -0.25) is 6.08 Å². The van der Waals surface area contributed by atoms with E-state index in [-0.39, 0.29) is 41.0 Å². The zero-order valence-corrected chi connectivity index (χ0v) is 9.16. The first-order chi connectivity index (χ1) is 4.50. The van der Waals surface area contributed by atoms with Gasteiger partial charge in [0, 0.05) is 0 Å². The van der Waals surface area contributed by atoms with Crippen molar-refractivity contribution < 1.29 is 50.6 Å². The molecule has 0 aromatic carbocycles. The Morgan fingerprint density at radius 3 is 1.73 bits per heavy atom. The van der Waals surface area contributed by atoms with Crippen molar-refractivity contribution in [3.8, 4) is 0 Å². The van der Waals surface area contributed by atoms with Crippen LogP contribution in [0.3, 0.4) is 0 Å². The maximum atomic E-state index is 8.00. The third-order valence-electron chi connectivity index (χ3n) is 0.586. The van der Waals surface area contributed by atoms with Gasteiger partial charge in [-0.05, 0) is 0 Å². The van der Waals surface area contributed by atoms with E-state index in [1.807, 2.05) is 25.7 Å². The number of carbonyl (C=O) groups excluding carboxylic acids is 2. The topological polar surface area (TPSA) is 34.1 Å². The molecule has 0 aliphatic heterocycles. The first-order valence-corrected chi connectivity index (χ1v) is 2.29. The molecule has 0 unspecified atom stereocenters. The van der Waals surface area contributed by atoms with E-state index >= 15 is 0 Å². The van der Waals surface area contributed by atoms with Crippen molar-refractivity contribution in [2.45, 2.75) is 6.42 Å². The van der Waals surface area contributed by atoms with Crippen molar-refractivity contribution in [3.05, 3.63) is 24.3 Å². The molecule has 0 spiro atoms. The summed E-state index contributed by atoms with van der Waals surface area (Å²) >= 11 is 0. The van der Waals surface area contributed by atoms with E-state index in [0.29, 0.717) is 0 Å². The molecule has 0 atom stereocenters. The van der Waals surface area contributed by atoms with Gasteiger partial charge in [0.1, 0.15) is 13.6 Å². The number of allylic oxidation sites excluding steroid dienone is 4. The Labute approximate surface area is 94.6 Å². The van der Waals surface area contributed by atoms with Gasteiger partial charge in [-0.15, -0.1) is 6.42 Å². The fourth-order valence-electron chi connectivity index (χ4n) is 0.340. The maximum absolute atomic E-state index is 8.00. The van der Waals surface area contributed by atoms with Crippen molar-refractivity contribution >= 4 is 13.6 Å². The number of rotatable bonds is 0. The molecule has 1 aliphatic carbocycles. The Hall–Kier alpha value is 0.0695. The summed E-state index contributed by atoms with van der Waals surface area (Å²) in [6.45, 7) is 4.00. The Morgan fingerprint density at radius 2 is 1.64 bits per heavy atom. The molecule has 0 saturated carbocycles. The second-order valence-electron chi connectivity index (χ2n) is 1.00. The van der Waals surface area contributed by atoms with Crippen LogP contribution < -0.4 is 24.0 Å². The first-order valence-electron chi connectivity index (χ1n) is 2.29. The van der Waals surface area contributed by atoms with Crippen molar-refractivity contribution in [1.82, 2.24) is 0 Å². The van der Waals surface area contributed by atoms with Crippen molar-refractivity contribution in [2.24, 2.45) is 0 Å². The van der Waals surface area contributed by atoms with Gasteiger partial charge in [-0.2, -0.15) is 6.08 Å².